The first-order valence-corrected chi connectivity index (χ1v) is 5.24. The Bertz CT molecular complexity index is 399. The SMILES string of the molecule is CCOC(=O)C(Oc1ccc(C)cc1)C(N)=O. The molecule has 0 heterocycles. The van der Waals surface area contributed by atoms with Gasteiger partial charge in [0.25, 0.3) is 12.0 Å². The molecule has 5 nitrogen and oxygen atoms in total. The van der Waals surface area contributed by atoms with Crippen molar-refractivity contribution < 1.29 is 19.1 Å². The summed E-state index contributed by atoms with van der Waals surface area (Å²) in [4.78, 5) is 22.5. The fourth-order valence-electron chi connectivity index (χ4n) is 1.19. The summed E-state index contributed by atoms with van der Waals surface area (Å²) in [6.45, 7) is 3.72. The lowest BCUT2D eigenvalue weighted by atomic mass is 10.2. The van der Waals surface area contributed by atoms with E-state index in [9.17, 15) is 9.59 Å². The first-order chi connectivity index (χ1) is 8.04. The molecule has 0 spiro atoms. The number of benzene rings is 1. The average molecular weight is 237 g/mol. The number of amides is 1. The third kappa shape index (κ3) is 3.79. The van der Waals surface area contributed by atoms with Crippen molar-refractivity contribution in [3.63, 3.8) is 0 Å². The van der Waals surface area contributed by atoms with E-state index in [2.05, 4.69) is 0 Å². The second-order valence-electron chi connectivity index (χ2n) is 3.47. The molecule has 5 heteroatoms. The van der Waals surface area contributed by atoms with Gasteiger partial charge in [0.05, 0.1) is 6.61 Å². The first-order valence-electron chi connectivity index (χ1n) is 5.24. The molecule has 1 atom stereocenters. The topological polar surface area (TPSA) is 78.6 Å². The molecule has 1 rings (SSSR count). The summed E-state index contributed by atoms with van der Waals surface area (Å²) in [7, 11) is 0. The van der Waals surface area contributed by atoms with Crippen LogP contribution in [0.1, 0.15) is 12.5 Å². The van der Waals surface area contributed by atoms with Gasteiger partial charge in [0.15, 0.2) is 0 Å². The molecule has 1 amide bonds. The molecule has 0 bridgehead atoms. The maximum Gasteiger partial charge on any atom is 0.357 e. The Morgan fingerprint density at radius 3 is 2.35 bits per heavy atom. The maximum atomic E-state index is 11.4. The minimum atomic E-state index is -1.40. The Morgan fingerprint density at radius 2 is 1.88 bits per heavy atom. The summed E-state index contributed by atoms with van der Waals surface area (Å²) >= 11 is 0. The van der Waals surface area contributed by atoms with Gasteiger partial charge in [-0.3, -0.25) is 4.79 Å². The van der Waals surface area contributed by atoms with Gasteiger partial charge in [0, 0.05) is 0 Å². The zero-order valence-corrected chi connectivity index (χ0v) is 9.80. The summed E-state index contributed by atoms with van der Waals surface area (Å²) in [6, 6.07) is 6.92. The predicted molar refractivity (Wildman–Crippen MR) is 61.4 cm³/mol. The molecule has 17 heavy (non-hydrogen) atoms. The second-order valence-corrected chi connectivity index (χ2v) is 3.47. The highest BCUT2D eigenvalue weighted by Crippen LogP contribution is 2.13. The highest BCUT2D eigenvalue weighted by Gasteiger charge is 2.27. The van der Waals surface area contributed by atoms with E-state index in [0.717, 1.165) is 5.56 Å². The van der Waals surface area contributed by atoms with Gasteiger partial charge >= 0.3 is 5.97 Å². The smallest absolute Gasteiger partial charge is 0.357 e. The largest absolute Gasteiger partial charge is 0.469 e. The molecule has 0 aliphatic heterocycles. The van der Waals surface area contributed by atoms with Gasteiger partial charge in [-0.05, 0) is 26.0 Å². The molecule has 0 fully saturated rings. The van der Waals surface area contributed by atoms with Crippen LogP contribution in [0.25, 0.3) is 0 Å². The van der Waals surface area contributed by atoms with E-state index >= 15 is 0 Å². The molecule has 0 aromatic heterocycles. The van der Waals surface area contributed by atoms with E-state index < -0.39 is 18.0 Å². The van der Waals surface area contributed by atoms with Crippen molar-refractivity contribution in [3.05, 3.63) is 29.8 Å². The van der Waals surface area contributed by atoms with Crippen LogP contribution in [0.5, 0.6) is 5.75 Å². The van der Waals surface area contributed by atoms with Crippen LogP contribution in [0, 0.1) is 6.92 Å². The molecule has 0 saturated heterocycles. The number of rotatable bonds is 5. The summed E-state index contributed by atoms with van der Waals surface area (Å²) < 4.78 is 9.89. The minimum Gasteiger partial charge on any atom is -0.469 e. The third-order valence-electron chi connectivity index (χ3n) is 2.03. The average Bonchev–Trinajstić information content (AvgIpc) is 2.28. The van der Waals surface area contributed by atoms with Crippen LogP contribution in [0.2, 0.25) is 0 Å². The van der Waals surface area contributed by atoms with Crippen LogP contribution in [0.15, 0.2) is 24.3 Å². The van der Waals surface area contributed by atoms with Gasteiger partial charge in [-0.25, -0.2) is 4.79 Å². The van der Waals surface area contributed by atoms with Crippen molar-refractivity contribution in [3.8, 4) is 5.75 Å². The third-order valence-corrected chi connectivity index (χ3v) is 2.03. The Balaban J connectivity index is 2.76. The van der Waals surface area contributed by atoms with Gasteiger partial charge < -0.3 is 15.2 Å². The van der Waals surface area contributed by atoms with E-state index in [1.54, 1.807) is 31.2 Å². The Kier molecular flexibility index (Phi) is 4.51. The Labute approximate surface area is 99.5 Å². The summed E-state index contributed by atoms with van der Waals surface area (Å²) in [5, 5.41) is 0. The highest BCUT2D eigenvalue weighted by atomic mass is 16.6. The van der Waals surface area contributed by atoms with Crippen molar-refractivity contribution in [1.29, 1.82) is 0 Å². The van der Waals surface area contributed by atoms with Crippen LogP contribution in [-0.4, -0.2) is 24.6 Å². The number of esters is 1. The van der Waals surface area contributed by atoms with Crippen molar-refractivity contribution in [1.82, 2.24) is 0 Å². The van der Waals surface area contributed by atoms with Crippen LogP contribution in [-0.2, 0) is 14.3 Å². The molecule has 0 aliphatic carbocycles. The molecule has 1 aromatic carbocycles. The van der Waals surface area contributed by atoms with Gasteiger partial charge in [0.1, 0.15) is 5.75 Å². The summed E-state index contributed by atoms with van der Waals surface area (Å²) in [5.74, 6) is -1.25. The molecule has 92 valence electrons. The maximum absolute atomic E-state index is 11.4. The van der Waals surface area contributed by atoms with E-state index in [-0.39, 0.29) is 6.61 Å². The lowest BCUT2D eigenvalue weighted by molar-refractivity contribution is -0.155. The zero-order chi connectivity index (χ0) is 12.8. The number of hydrogen-bond donors (Lipinski definition) is 1. The van der Waals surface area contributed by atoms with E-state index in [0.29, 0.717) is 5.75 Å². The van der Waals surface area contributed by atoms with Crippen molar-refractivity contribution in [2.45, 2.75) is 20.0 Å². The van der Waals surface area contributed by atoms with Gasteiger partial charge in [-0.1, -0.05) is 17.7 Å². The van der Waals surface area contributed by atoms with Crippen LogP contribution >= 0.6 is 0 Å². The quantitative estimate of drug-likeness (QED) is 0.606. The normalized spacial score (nSPS) is 11.6. The van der Waals surface area contributed by atoms with E-state index in [4.69, 9.17) is 15.2 Å². The van der Waals surface area contributed by atoms with Crippen LogP contribution in [0.4, 0.5) is 0 Å². The lowest BCUT2D eigenvalue weighted by Gasteiger charge is -2.14. The van der Waals surface area contributed by atoms with Gasteiger partial charge in [-0.15, -0.1) is 0 Å². The number of aryl methyl sites for hydroxylation is 1. The van der Waals surface area contributed by atoms with Gasteiger partial charge in [0.2, 0.25) is 0 Å². The molecule has 0 aliphatic rings. The molecule has 0 radical (unpaired) electrons. The molecular formula is C12H15NO4. The second kappa shape index (κ2) is 5.89. The Morgan fingerprint density at radius 1 is 1.29 bits per heavy atom. The van der Waals surface area contributed by atoms with Crippen LogP contribution < -0.4 is 10.5 Å². The molecule has 0 saturated carbocycles. The minimum absolute atomic E-state index is 0.167. The van der Waals surface area contributed by atoms with E-state index in [1.165, 1.54) is 0 Å². The monoisotopic (exact) mass is 237 g/mol. The van der Waals surface area contributed by atoms with Crippen LogP contribution in [0.3, 0.4) is 0 Å². The number of ether oxygens (including phenoxy) is 2. The standard InChI is InChI=1S/C12H15NO4/c1-3-16-12(15)10(11(13)14)17-9-6-4-8(2)5-7-9/h4-7,10H,3H2,1-2H3,(H2,13,14). The summed E-state index contributed by atoms with van der Waals surface area (Å²) in [5.41, 5.74) is 6.13. The number of hydrogen-bond acceptors (Lipinski definition) is 4. The number of carbonyl (C=O) groups excluding carboxylic acids is 2. The highest BCUT2D eigenvalue weighted by molar-refractivity contribution is 6.00. The Hall–Kier alpha value is -2.04. The fraction of sp³-hybridized carbons (Fsp3) is 0.333. The fourth-order valence-corrected chi connectivity index (χ4v) is 1.19. The first kappa shape index (κ1) is 13.0. The zero-order valence-electron chi connectivity index (χ0n) is 9.80. The van der Waals surface area contributed by atoms with E-state index in [1.807, 2.05) is 6.92 Å². The molecule has 2 N–H and O–H groups in total. The lowest BCUT2D eigenvalue weighted by Crippen LogP contribution is -2.41. The number of carbonyl (C=O) groups is 2. The summed E-state index contributed by atoms with van der Waals surface area (Å²) in [6.07, 6.45) is -1.40. The molecule has 1 aromatic rings. The number of nitrogens with two attached hydrogens (primary N) is 1. The molecular weight excluding hydrogens is 222 g/mol. The van der Waals surface area contributed by atoms with Crippen molar-refractivity contribution in [2.75, 3.05) is 6.61 Å². The predicted octanol–water partition coefficient (Wildman–Crippen LogP) is 0.791. The number of primary amides is 1. The van der Waals surface area contributed by atoms with Crippen molar-refractivity contribution >= 4 is 11.9 Å². The van der Waals surface area contributed by atoms with Gasteiger partial charge in [-0.2, -0.15) is 0 Å². The molecule has 1 unspecified atom stereocenters. The van der Waals surface area contributed by atoms with Crippen molar-refractivity contribution in [2.24, 2.45) is 5.73 Å².